The number of ketones is 4. The SMILES string of the molecule is CN(C)c1cc(C(=O)N2CCCCC2)c(O)c2c1C[C@H]1C[C@H]3CC(=O)C(C(N)=O)C(=O)[C@@]3(O)C(=O)C1C2=O. The number of fused-ring (bicyclic) bond motifs is 3. The van der Waals surface area contributed by atoms with E-state index in [0.717, 1.165) is 19.3 Å². The van der Waals surface area contributed by atoms with Crippen LogP contribution in [0.4, 0.5) is 5.69 Å². The summed E-state index contributed by atoms with van der Waals surface area (Å²) < 4.78 is 0. The molecule has 4 N–H and O–H groups in total. The van der Waals surface area contributed by atoms with Crippen LogP contribution in [0.25, 0.3) is 0 Å². The van der Waals surface area contributed by atoms with Crippen molar-refractivity contribution in [2.75, 3.05) is 32.1 Å². The number of aliphatic hydroxyl groups is 1. The second-order valence-electron chi connectivity index (χ2n) is 11.1. The van der Waals surface area contributed by atoms with Gasteiger partial charge in [0.05, 0.1) is 17.0 Å². The third-order valence-electron chi connectivity index (χ3n) is 8.73. The zero-order valence-corrected chi connectivity index (χ0v) is 21.4. The molecule has 11 nitrogen and oxygen atoms in total. The maximum absolute atomic E-state index is 13.9. The molecule has 0 bridgehead atoms. The van der Waals surface area contributed by atoms with Gasteiger partial charge in [0, 0.05) is 45.2 Å². The van der Waals surface area contributed by atoms with Crippen LogP contribution < -0.4 is 10.6 Å². The first kappa shape index (κ1) is 26.0. The number of anilines is 1. The molecule has 2 amide bonds. The Kier molecular flexibility index (Phi) is 6.17. The van der Waals surface area contributed by atoms with E-state index in [2.05, 4.69) is 0 Å². The van der Waals surface area contributed by atoms with E-state index in [1.807, 2.05) is 0 Å². The van der Waals surface area contributed by atoms with Crippen LogP contribution >= 0.6 is 0 Å². The highest BCUT2D eigenvalue weighted by Gasteiger charge is 2.66. The molecule has 0 spiro atoms. The van der Waals surface area contributed by atoms with E-state index in [1.54, 1.807) is 30.0 Å². The van der Waals surface area contributed by atoms with Crippen LogP contribution in [0, 0.1) is 23.7 Å². The number of hydrogen-bond acceptors (Lipinski definition) is 9. The Labute approximate surface area is 218 Å². The lowest BCUT2D eigenvalue weighted by Gasteiger charge is -2.48. The second-order valence-corrected chi connectivity index (χ2v) is 11.1. The molecule has 0 radical (unpaired) electrons. The molecule has 38 heavy (non-hydrogen) atoms. The number of amides is 2. The van der Waals surface area contributed by atoms with E-state index < -0.39 is 70.0 Å². The molecule has 5 rings (SSSR count). The van der Waals surface area contributed by atoms with Crippen LogP contribution in [0.5, 0.6) is 5.75 Å². The van der Waals surface area contributed by atoms with E-state index in [-0.39, 0.29) is 30.4 Å². The molecule has 1 aromatic carbocycles. The molecule has 1 heterocycles. The number of aromatic hydroxyl groups is 1. The van der Waals surface area contributed by atoms with Crippen LogP contribution in [-0.2, 0) is 25.6 Å². The topological polar surface area (TPSA) is 175 Å². The highest BCUT2D eigenvalue weighted by molar-refractivity contribution is 6.31. The maximum atomic E-state index is 13.9. The number of hydrogen-bond donors (Lipinski definition) is 3. The van der Waals surface area contributed by atoms with Crippen molar-refractivity contribution in [2.24, 2.45) is 29.4 Å². The number of primary amides is 1. The summed E-state index contributed by atoms with van der Waals surface area (Å²) in [6, 6.07) is 1.56. The van der Waals surface area contributed by atoms with E-state index >= 15 is 0 Å². The minimum absolute atomic E-state index is 0.0170. The molecule has 3 fully saturated rings. The van der Waals surface area contributed by atoms with Crippen molar-refractivity contribution in [3.63, 3.8) is 0 Å². The van der Waals surface area contributed by atoms with Gasteiger partial charge in [0.25, 0.3) is 5.91 Å². The number of likely N-dealkylation sites (tertiary alicyclic amines) is 1. The molecule has 2 unspecified atom stereocenters. The Balaban J connectivity index is 1.60. The minimum Gasteiger partial charge on any atom is -0.506 e. The smallest absolute Gasteiger partial charge is 0.257 e. The summed E-state index contributed by atoms with van der Waals surface area (Å²) >= 11 is 0. The standard InChI is InChI=1S/C27H31N3O8/c1-29(2)16-11-15(26(37)30-6-4-3-5-7-30)21(32)19-14(16)9-12-8-13-10-17(31)20(25(28)36)24(35)27(13,38)23(34)18(12)22(19)33/h11-13,18,20,32,38H,3-10H2,1-2H3,(H2,28,36)/t12-,13+,18?,20?,27+/m1/s1. The number of carbonyl (C=O) groups excluding carboxylic acids is 6. The monoisotopic (exact) mass is 525 g/mol. The van der Waals surface area contributed by atoms with Gasteiger partial charge in [0.1, 0.15) is 5.75 Å². The number of rotatable bonds is 3. The molecule has 1 aliphatic heterocycles. The molecular weight excluding hydrogens is 494 g/mol. The molecular formula is C27H31N3O8. The van der Waals surface area contributed by atoms with E-state index in [1.165, 1.54) is 0 Å². The number of phenols is 1. The summed E-state index contributed by atoms with van der Waals surface area (Å²) in [5.74, 6) is -11.3. The Morgan fingerprint density at radius 3 is 2.32 bits per heavy atom. The van der Waals surface area contributed by atoms with Gasteiger partial charge in [0.15, 0.2) is 34.7 Å². The Morgan fingerprint density at radius 2 is 1.71 bits per heavy atom. The highest BCUT2D eigenvalue weighted by Crippen LogP contribution is 2.51. The van der Waals surface area contributed by atoms with Crippen LogP contribution in [0.1, 0.15) is 58.4 Å². The summed E-state index contributed by atoms with van der Waals surface area (Å²) in [5, 5.41) is 22.6. The second kappa shape index (κ2) is 9.00. The zero-order valence-electron chi connectivity index (χ0n) is 21.4. The molecule has 11 heteroatoms. The average Bonchev–Trinajstić information content (AvgIpc) is 2.86. The molecule has 5 atom stereocenters. The number of nitrogens with two attached hydrogens (primary N) is 1. The van der Waals surface area contributed by atoms with Crippen molar-refractivity contribution < 1.29 is 39.0 Å². The molecule has 1 saturated heterocycles. The van der Waals surface area contributed by atoms with Crippen LogP contribution in [0.2, 0.25) is 0 Å². The van der Waals surface area contributed by atoms with Gasteiger partial charge in [0.2, 0.25) is 5.91 Å². The third-order valence-corrected chi connectivity index (χ3v) is 8.73. The van der Waals surface area contributed by atoms with Gasteiger partial charge in [-0.2, -0.15) is 0 Å². The van der Waals surface area contributed by atoms with Crippen molar-refractivity contribution in [3.8, 4) is 5.75 Å². The maximum Gasteiger partial charge on any atom is 0.257 e. The Morgan fingerprint density at radius 1 is 1.05 bits per heavy atom. The fraction of sp³-hybridized carbons (Fsp3) is 0.556. The lowest BCUT2D eigenvalue weighted by molar-refractivity contribution is -0.175. The largest absolute Gasteiger partial charge is 0.506 e. The van der Waals surface area contributed by atoms with Gasteiger partial charge in [-0.3, -0.25) is 28.8 Å². The van der Waals surface area contributed by atoms with E-state index in [4.69, 9.17) is 5.73 Å². The summed E-state index contributed by atoms with van der Waals surface area (Å²) in [7, 11) is 3.48. The van der Waals surface area contributed by atoms with Crippen molar-refractivity contribution in [2.45, 2.75) is 44.1 Å². The van der Waals surface area contributed by atoms with Crippen LogP contribution in [0.3, 0.4) is 0 Å². The fourth-order valence-corrected chi connectivity index (χ4v) is 6.84. The summed E-state index contributed by atoms with van der Waals surface area (Å²) in [4.78, 5) is 81.7. The highest BCUT2D eigenvalue weighted by atomic mass is 16.3. The van der Waals surface area contributed by atoms with Gasteiger partial charge in [-0.05, 0) is 49.7 Å². The third kappa shape index (κ3) is 3.58. The number of nitrogens with zero attached hydrogens (tertiary/aromatic N) is 2. The first-order chi connectivity index (χ1) is 17.9. The fourth-order valence-electron chi connectivity index (χ4n) is 6.84. The number of carbonyl (C=O) groups is 6. The molecule has 3 aliphatic carbocycles. The van der Waals surface area contributed by atoms with Crippen molar-refractivity contribution in [3.05, 3.63) is 22.8 Å². The van der Waals surface area contributed by atoms with Gasteiger partial charge in [-0.25, -0.2) is 0 Å². The average molecular weight is 526 g/mol. The molecule has 4 aliphatic rings. The molecule has 2 saturated carbocycles. The van der Waals surface area contributed by atoms with Gasteiger partial charge >= 0.3 is 0 Å². The summed E-state index contributed by atoms with van der Waals surface area (Å²) in [6.45, 7) is 1.06. The molecule has 202 valence electrons. The quantitative estimate of drug-likeness (QED) is 0.459. The first-order valence-corrected chi connectivity index (χ1v) is 12.9. The molecule has 0 aromatic heterocycles. The predicted octanol–water partition coefficient (Wildman–Crippen LogP) is 0.0190. The minimum atomic E-state index is -2.71. The van der Waals surface area contributed by atoms with Gasteiger partial charge in [-0.1, -0.05) is 0 Å². The number of Topliss-reactive ketones (excluding diaryl/α,β-unsaturated/α-hetero) is 4. The Hall–Kier alpha value is -3.60. The predicted molar refractivity (Wildman–Crippen MR) is 133 cm³/mol. The van der Waals surface area contributed by atoms with Crippen molar-refractivity contribution in [1.29, 1.82) is 0 Å². The molecule has 1 aromatic rings. The number of benzene rings is 1. The summed E-state index contributed by atoms with van der Waals surface area (Å²) in [6.07, 6.45) is 2.45. The van der Waals surface area contributed by atoms with Crippen molar-refractivity contribution >= 4 is 40.6 Å². The van der Waals surface area contributed by atoms with Crippen LogP contribution in [-0.4, -0.2) is 82.8 Å². The normalized spacial score (nSPS) is 30.9. The first-order valence-electron chi connectivity index (χ1n) is 12.9. The zero-order chi connectivity index (χ0) is 27.7. The van der Waals surface area contributed by atoms with E-state index in [0.29, 0.717) is 24.3 Å². The van der Waals surface area contributed by atoms with Crippen LogP contribution in [0.15, 0.2) is 6.07 Å². The van der Waals surface area contributed by atoms with Gasteiger partial charge in [-0.15, -0.1) is 0 Å². The summed E-state index contributed by atoms with van der Waals surface area (Å²) in [5.41, 5.74) is 3.32. The van der Waals surface area contributed by atoms with Crippen molar-refractivity contribution in [1.82, 2.24) is 4.90 Å². The van der Waals surface area contributed by atoms with Gasteiger partial charge < -0.3 is 25.7 Å². The van der Waals surface area contributed by atoms with E-state index in [9.17, 15) is 39.0 Å². The number of phenolic OH excluding ortho intramolecular Hbond substituents is 1. The lowest BCUT2D eigenvalue weighted by Crippen LogP contribution is -2.68. The number of piperidine rings is 1. The lowest BCUT2D eigenvalue weighted by atomic mass is 9.53. The Bertz CT molecular complexity index is 1300.